The van der Waals surface area contributed by atoms with Gasteiger partial charge in [-0.2, -0.15) is 13.9 Å². The topological polar surface area (TPSA) is 74.9 Å². The monoisotopic (exact) mass is 407 g/mol. The van der Waals surface area contributed by atoms with Gasteiger partial charge >= 0.3 is 12.6 Å². The first-order valence-electron chi connectivity index (χ1n) is 7.04. The summed E-state index contributed by atoms with van der Waals surface area (Å²) in [5.74, 6) is -1.01. The molecule has 0 unspecified atom stereocenters. The predicted octanol–water partition coefficient (Wildman–Crippen LogP) is 3.78. The van der Waals surface area contributed by atoms with Gasteiger partial charge in [0, 0.05) is 12.6 Å². The maximum absolute atomic E-state index is 12.5. The van der Waals surface area contributed by atoms with Gasteiger partial charge in [0.25, 0.3) is 0 Å². The molecule has 1 aromatic heterocycles. The van der Waals surface area contributed by atoms with Crippen LogP contribution in [0.2, 0.25) is 10.0 Å². The van der Waals surface area contributed by atoms with Crippen molar-refractivity contribution in [1.82, 2.24) is 9.78 Å². The number of rotatable bonds is 7. The lowest BCUT2D eigenvalue weighted by atomic mass is 10.1. The molecule has 0 aliphatic carbocycles. The number of benzene rings is 1. The first-order valence-corrected chi connectivity index (χ1v) is 7.80. The van der Waals surface area contributed by atoms with Crippen LogP contribution in [-0.2, 0) is 16.6 Å². The number of aryl methyl sites for hydroxylation is 1. The number of esters is 1. The lowest BCUT2D eigenvalue weighted by molar-refractivity contribution is -0.0552. The normalized spacial score (nSPS) is 11.2. The Balaban J connectivity index is 2.32. The maximum atomic E-state index is 12.5. The molecule has 1 heterocycles. The van der Waals surface area contributed by atoms with Gasteiger partial charge in [0.2, 0.25) is 5.88 Å². The van der Waals surface area contributed by atoms with E-state index in [1.807, 2.05) is 0 Å². The van der Waals surface area contributed by atoms with Crippen molar-refractivity contribution >= 4 is 35.4 Å². The molecule has 0 fully saturated rings. The zero-order valence-electron chi connectivity index (χ0n) is 13.6. The fraction of sp³-hybridized carbons (Fsp3) is 0.267. The molecule has 1 aromatic carbocycles. The van der Waals surface area contributed by atoms with Crippen LogP contribution in [-0.4, -0.2) is 42.3 Å². The van der Waals surface area contributed by atoms with E-state index in [0.717, 1.165) is 4.68 Å². The van der Waals surface area contributed by atoms with E-state index in [1.165, 1.54) is 38.6 Å². The zero-order chi connectivity index (χ0) is 19.3. The fourth-order valence-corrected chi connectivity index (χ4v) is 2.51. The minimum atomic E-state index is -3.06. The van der Waals surface area contributed by atoms with Crippen LogP contribution in [0.4, 0.5) is 8.78 Å². The average molecular weight is 408 g/mol. The first kappa shape index (κ1) is 19.9. The summed E-state index contributed by atoms with van der Waals surface area (Å²) in [7, 11) is 2.74. The first-order chi connectivity index (χ1) is 12.3. The number of aromatic nitrogens is 2. The van der Waals surface area contributed by atoms with Crippen molar-refractivity contribution in [2.75, 3.05) is 13.7 Å². The lowest BCUT2D eigenvalue weighted by Gasteiger charge is -2.06. The molecule has 0 saturated carbocycles. The Bertz CT molecular complexity index is 827. The van der Waals surface area contributed by atoms with Gasteiger partial charge in [0.1, 0.15) is 24.4 Å². The molecule has 0 spiro atoms. The van der Waals surface area contributed by atoms with E-state index in [9.17, 15) is 13.6 Å². The number of ether oxygens (including phenoxy) is 2. The van der Waals surface area contributed by atoms with Crippen LogP contribution >= 0.6 is 23.2 Å². The molecule has 0 aliphatic rings. The highest BCUT2D eigenvalue weighted by atomic mass is 35.5. The van der Waals surface area contributed by atoms with E-state index in [-0.39, 0.29) is 33.8 Å². The number of hydrogen-bond acceptors (Lipinski definition) is 6. The number of nitrogens with zero attached hydrogens (tertiary/aromatic N) is 3. The van der Waals surface area contributed by atoms with Gasteiger partial charge in [-0.15, -0.1) is 0 Å². The standard InChI is InChI=1S/C15H13Cl2F2N3O4/c1-22-13(26-15(18)19)11(17)12(21-22)8-3-4-10(16)9(7-8)14(23)25-6-5-20-24-2/h3-5,7,15H,6H2,1-2H3/b20-5+. The van der Waals surface area contributed by atoms with Crippen molar-refractivity contribution < 1.29 is 27.9 Å². The fourth-order valence-electron chi connectivity index (χ4n) is 2.00. The Morgan fingerprint density at radius 2 is 2.15 bits per heavy atom. The maximum Gasteiger partial charge on any atom is 0.388 e. The van der Waals surface area contributed by atoms with Crippen molar-refractivity contribution in [1.29, 1.82) is 0 Å². The van der Waals surface area contributed by atoms with E-state index in [2.05, 4.69) is 19.8 Å². The second kappa shape index (κ2) is 8.81. The van der Waals surface area contributed by atoms with Crippen molar-refractivity contribution in [2.24, 2.45) is 12.2 Å². The van der Waals surface area contributed by atoms with Gasteiger partial charge in [-0.3, -0.25) is 0 Å². The summed E-state index contributed by atoms with van der Waals surface area (Å²) < 4.78 is 35.3. The second-order valence-corrected chi connectivity index (χ2v) is 5.52. The van der Waals surface area contributed by atoms with E-state index in [4.69, 9.17) is 27.9 Å². The molecule has 0 atom stereocenters. The highest BCUT2D eigenvalue weighted by molar-refractivity contribution is 6.35. The molecule has 0 saturated heterocycles. The number of carbonyl (C=O) groups excluding carboxylic acids is 1. The zero-order valence-corrected chi connectivity index (χ0v) is 15.1. The van der Waals surface area contributed by atoms with Crippen molar-refractivity contribution in [3.05, 3.63) is 33.8 Å². The highest BCUT2D eigenvalue weighted by Crippen LogP contribution is 2.36. The van der Waals surface area contributed by atoms with Crippen LogP contribution in [0.15, 0.2) is 23.4 Å². The minimum Gasteiger partial charge on any atom is -0.456 e. The number of oxime groups is 1. The van der Waals surface area contributed by atoms with Gasteiger partial charge < -0.3 is 14.3 Å². The number of alkyl halides is 2. The quantitative estimate of drug-likeness (QED) is 0.396. The molecule has 11 heteroatoms. The molecule has 0 aliphatic heterocycles. The summed E-state index contributed by atoms with van der Waals surface area (Å²) in [6, 6.07) is 4.36. The molecule has 7 nitrogen and oxygen atoms in total. The Kier molecular flexibility index (Phi) is 6.76. The van der Waals surface area contributed by atoms with Crippen LogP contribution in [0, 0.1) is 0 Å². The molecular formula is C15H13Cl2F2N3O4. The second-order valence-electron chi connectivity index (χ2n) is 4.73. The van der Waals surface area contributed by atoms with Crippen molar-refractivity contribution in [3.8, 4) is 17.1 Å². The van der Waals surface area contributed by atoms with Gasteiger partial charge in [-0.1, -0.05) is 34.4 Å². The molecule has 140 valence electrons. The third-order valence-corrected chi connectivity index (χ3v) is 3.74. The average Bonchev–Trinajstić information content (AvgIpc) is 2.87. The minimum absolute atomic E-state index is 0.0491. The SMILES string of the molecule is CO/N=C/COC(=O)c1cc(-c2nn(C)c(OC(F)F)c2Cl)ccc1Cl. The van der Waals surface area contributed by atoms with Gasteiger partial charge in [-0.25, -0.2) is 9.48 Å². The van der Waals surface area contributed by atoms with Crippen molar-refractivity contribution in [2.45, 2.75) is 6.61 Å². The molecular weight excluding hydrogens is 395 g/mol. The van der Waals surface area contributed by atoms with Gasteiger partial charge in [-0.05, 0) is 12.1 Å². The van der Waals surface area contributed by atoms with Crippen LogP contribution < -0.4 is 4.74 Å². The Hall–Kier alpha value is -2.39. The van der Waals surface area contributed by atoms with E-state index in [1.54, 1.807) is 0 Å². The van der Waals surface area contributed by atoms with Gasteiger partial charge in [0.15, 0.2) is 0 Å². The smallest absolute Gasteiger partial charge is 0.388 e. The third-order valence-electron chi connectivity index (χ3n) is 3.07. The van der Waals surface area contributed by atoms with Crippen LogP contribution in [0.3, 0.4) is 0 Å². The number of carbonyl (C=O) groups is 1. The third kappa shape index (κ3) is 4.61. The summed E-state index contributed by atoms with van der Waals surface area (Å²) in [6.07, 6.45) is 1.25. The van der Waals surface area contributed by atoms with E-state index >= 15 is 0 Å². The largest absolute Gasteiger partial charge is 0.456 e. The van der Waals surface area contributed by atoms with Crippen LogP contribution in [0.5, 0.6) is 5.88 Å². The Labute approximate surface area is 157 Å². The summed E-state index contributed by atoms with van der Waals surface area (Å²) in [5.41, 5.74) is 0.570. The number of halogens is 4. The van der Waals surface area contributed by atoms with Gasteiger partial charge in [0.05, 0.1) is 16.8 Å². The summed E-state index contributed by atoms with van der Waals surface area (Å²) in [5, 5.41) is 7.49. The molecule has 2 rings (SSSR count). The molecule has 0 amide bonds. The van der Waals surface area contributed by atoms with Crippen molar-refractivity contribution in [3.63, 3.8) is 0 Å². The molecule has 26 heavy (non-hydrogen) atoms. The summed E-state index contributed by atoms with van der Waals surface area (Å²) in [6.45, 7) is -3.18. The van der Waals surface area contributed by atoms with E-state index in [0.29, 0.717) is 5.56 Å². The number of hydrogen-bond donors (Lipinski definition) is 0. The predicted molar refractivity (Wildman–Crippen MR) is 91.1 cm³/mol. The van der Waals surface area contributed by atoms with E-state index < -0.39 is 12.6 Å². The lowest BCUT2D eigenvalue weighted by Crippen LogP contribution is -2.08. The molecule has 0 N–H and O–H groups in total. The van der Waals surface area contributed by atoms with Crippen LogP contribution in [0.25, 0.3) is 11.3 Å². The highest BCUT2D eigenvalue weighted by Gasteiger charge is 2.22. The summed E-state index contributed by atoms with van der Waals surface area (Å²) >= 11 is 12.1. The Morgan fingerprint density at radius 1 is 1.42 bits per heavy atom. The van der Waals surface area contributed by atoms with Crippen LogP contribution in [0.1, 0.15) is 10.4 Å². The molecule has 0 radical (unpaired) electrons. The summed E-state index contributed by atoms with van der Waals surface area (Å²) in [4.78, 5) is 16.6. The molecule has 2 aromatic rings. The molecule has 0 bridgehead atoms. The Morgan fingerprint density at radius 3 is 2.81 bits per heavy atom.